The van der Waals surface area contributed by atoms with E-state index in [1.165, 1.54) is 13.0 Å². The van der Waals surface area contributed by atoms with E-state index in [0.29, 0.717) is 6.92 Å². The summed E-state index contributed by atoms with van der Waals surface area (Å²) in [7, 11) is 0. The standard InChI is InChI=1S/C20H17ClF6N2O2/c1-11(14-9-13(21)5-6-15(14)19(22,23)24)31-16-8-12(10-29-17(16)28)4-3-7-18(2,30)20(25,26)27/h5-6,8-11,30H,7H2,1-2H3,(H2,28,29). The molecule has 4 nitrogen and oxygen atoms in total. The van der Waals surface area contributed by atoms with Gasteiger partial charge in [0.05, 0.1) is 5.56 Å². The summed E-state index contributed by atoms with van der Waals surface area (Å²) in [6, 6.07) is 4.27. The highest BCUT2D eigenvalue weighted by Crippen LogP contribution is 2.38. The van der Waals surface area contributed by atoms with Crippen LogP contribution >= 0.6 is 11.6 Å². The van der Waals surface area contributed by atoms with E-state index in [0.717, 1.165) is 24.4 Å². The summed E-state index contributed by atoms with van der Waals surface area (Å²) in [6.07, 6.45) is -10.4. The van der Waals surface area contributed by atoms with E-state index in [1.54, 1.807) is 0 Å². The minimum atomic E-state index is -4.86. The van der Waals surface area contributed by atoms with Crippen molar-refractivity contribution >= 4 is 17.4 Å². The lowest BCUT2D eigenvalue weighted by Gasteiger charge is -2.23. The largest absolute Gasteiger partial charge is 0.482 e. The molecule has 168 valence electrons. The van der Waals surface area contributed by atoms with Gasteiger partial charge in [0.15, 0.2) is 17.2 Å². The van der Waals surface area contributed by atoms with E-state index in [9.17, 15) is 31.4 Å². The Morgan fingerprint density at radius 3 is 2.42 bits per heavy atom. The molecule has 0 aliphatic carbocycles. The molecule has 31 heavy (non-hydrogen) atoms. The first-order chi connectivity index (χ1) is 14.1. The van der Waals surface area contributed by atoms with Gasteiger partial charge in [-0.05, 0) is 32.0 Å². The van der Waals surface area contributed by atoms with Gasteiger partial charge in [0.1, 0.15) is 6.10 Å². The number of hydrogen-bond acceptors (Lipinski definition) is 4. The quantitative estimate of drug-likeness (QED) is 0.459. The molecule has 1 heterocycles. The van der Waals surface area contributed by atoms with Gasteiger partial charge in [-0.2, -0.15) is 26.3 Å². The number of aromatic nitrogens is 1. The van der Waals surface area contributed by atoms with Crippen LogP contribution in [0.15, 0.2) is 30.5 Å². The molecule has 0 fully saturated rings. The molecule has 2 aromatic rings. The maximum atomic E-state index is 13.3. The van der Waals surface area contributed by atoms with Crippen LogP contribution in [0, 0.1) is 11.8 Å². The maximum Gasteiger partial charge on any atom is 0.417 e. The molecule has 1 aromatic carbocycles. The number of aliphatic hydroxyl groups is 1. The summed E-state index contributed by atoms with van der Waals surface area (Å²) in [6.45, 7) is 1.93. The topological polar surface area (TPSA) is 68.4 Å². The minimum absolute atomic E-state index is 0.0703. The number of ether oxygens (including phenoxy) is 1. The fourth-order valence-corrected chi connectivity index (χ4v) is 2.60. The lowest BCUT2D eigenvalue weighted by atomic mass is 10.0. The van der Waals surface area contributed by atoms with Gasteiger partial charge in [-0.15, -0.1) is 0 Å². The van der Waals surface area contributed by atoms with Crippen molar-refractivity contribution in [3.05, 3.63) is 52.2 Å². The molecule has 11 heteroatoms. The van der Waals surface area contributed by atoms with Crippen molar-refractivity contribution in [2.45, 2.75) is 44.3 Å². The second-order valence-corrected chi connectivity index (χ2v) is 7.28. The lowest BCUT2D eigenvalue weighted by Crippen LogP contribution is -2.41. The Kier molecular flexibility index (Phi) is 7.03. The van der Waals surface area contributed by atoms with Gasteiger partial charge in [0.25, 0.3) is 0 Å². The lowest BCUT2D eigenvalue weighted by molar-refractivity contribution is -0.250. The van der Waals surface area contributed by atoms with Crippen LogP contribution in [0.4, 0.5) is 32.2 Å². The van der Waals surface area contributed by atoms with Gasteiger partial charge >= 0.3 is 12.4 Å². The van der Waals surface area contributed by atoms with E-state index < -0.39 is 36.0 Å². The van der Waals surface area contributed by atoms with Crippen molar-refractivity contribution in [1.29, 1.82) is 0 Å². The van der Waals surface area contributed by atoms with Gasteiger partial charge in [-0.25, -0.2) is 4.98 Å². The third kappa shape index (κ3) is 6.18. The Balaban J connectivity index is 2.29. The van der Waals surface area contributed by atoms with Crippen LogP contribution in [-0.4, -0.2) is 21.9 Å². The average molecular weight is 467 g/mol. The number of nitrogens with zero attached hydrogens (tertiary/aromatic N) is 1. The average Bonchev–Trinajstić information content (AvgIpc) is 2.62. The third-order valence-corrected chi connectivity index (χ3v) is 4.45. The molecular weight excluding hydrogens is 450 g/mol. The predicted octanol–water partition coefficient (Wildman–Crippen LogP) is 5.53. The first-order valence-corrected chi connectivity index (χ1v) is 9.06. The van der Waals surface area contributed by atoms with Gasteiger partial charge in [0.2, 0.25) is 0 Å². The van der Waals surface area contributed by atoms with Crippen molar-refractivity contribution in [2.75, 3.05) is 5.73 Å². The van der Waals surface area contributed by atoms with E-state index >= 15 is 0 Å². The van der Waals surface area contributed by atoms with Crippen LogP contribution in [0.3, 0.4) is 0 Å². The number of nitrogens with two attached hydrogens (primary N) is 1. The molecule has 0 aliphatic rings. The molecule has 0 aliphatic heterocycles. The van der Waals surface area contributed by atoms with Crippen LogP contribution in [-0.2, 0) is 6.18 Å². The van der Waals surface area contributed by atoms with Crippen LogP contribution in [0.5, 0.6) is 5.75 Å². The number of pyridine rings is 1. The molecule has 1 aromatic heterocycles. The number of benzene rings is 1. The SMILES string of the molecule is CC(Oc1cc(C#CCC(C)(O)C(F)(F)F)cnc1N)c1cc(Cl)ccc1C(F)(F)F. The van der Waals surface area contributed by atoms with Crippen molar-refractivity contribution < 1.29 is 36.2 Å². The Morgan fingerprint density at radius 2 is 1.84 bits per heavy atom. The Labute approximate surface area is 179 Å². The molecule has 2 rings (SSSR count). The molecule has 0 saturated heterocycles. The fraction of sp³-hybridized carbons (Fsp3) is 0.350. The zero-order valence-electron chi connectivity index (χ0n) is 16.2. The highest BCUT2D eigenvalue weighted by Gasteiger charge is 2.49. The Bertz CT molecular complexity index is 1010. The van der Waals surface area contributed by atoms with E-state index in [2.05, 4.69) is 16.8 Å². The summed E-state index contributed by atoms with van der Waals surface area (Å²) in [5.41, 5.74) is 1.61. The maximum absolute atomic E-state index is 13.3. The second-order valence-electron chi connectivity index (χ2n) is 6.85. The van der Waals surface area contributed by atoms with Gasteiger partial charge in [-0.1, -0.05) is 23.4 Å². The summed E-state index contributed by atoms with van der Waals surface area (Å²) in [5.74, 6) is 4.31. The monoisotopic (exact) mass is 466 g/mol. The molecule has 0 amide bonds. The highest BCUT2D eigenvalue weighted by molar-refractivity contribution is 6.30. The molecule has 0 saturated carbocycles. The number of rotatable bonds is 4. The minimum Gasteiger partial charge on any atom is -0.482 e. The Hall–Kier alpha value is -2.64. The molecular formula is C20H17ClF6N2O2. The van der Waals surface area contributed by atoms with Gasteiger partial charge < -0.3 is 15.6 Å². The summed E-state index contributed by atoms with van der Waals surface area (Å²) < 4.78 is 83.4. The third-order valence-electron chi connectivity index (χ3n) is 4.22. The first kappa shape index (κ1) is 24.6. The first-order valence-electron chi connectivity index (χ1n) is 8.68. The van der Waals surface area contributed by atoms with Crippen LogP contribution in [0.2, 0.25) is 5.02 Å². The van der Waals surface area contributed by atoms with E-state index in [4.69, 9.17) is 22.1 Å². The summed E-state index contributed by atoms with van der Waals surface area (Å²) in [4.78, 5) is 3.80. The van der Waals surface area contributed by atoms with Crippen LogP contribution in [0.25, 0.3) is 0 Å². The number of nitrogen functional groups attached to an aromatic ring is 1. The van der Waals surface area contributed by atoms with Crippen molar-refractivity contribution in [2.24, 2.45) is 0 Å². The van der Waals surface area contributed by atoms with E-state index in [-0.39, 0.29) is 27.7 Å². The number of anilines is 1. The molecule has 0 radical (unpaired) electrons. The smallest absolute Gasteiger partial charge is 0.417 e. The van der Waals surface area contributed by atoms with Gasteiger partial charge in [0, 0.05) is 34.8 Å². The normalized spacial score (nSPS) is 14.9. The molecule has 2 atom stereocenters. The summed E-state index contributed by atoms with van der Waals surface area (Å²) >= 11 is 5.82. The molecule has 3 N–H and O–H groups in total. The number of alkyl halides is 6. The molecule has 2 unspecified atom stereocenters. The van der Waals surface area contributed by atoms with Gasteiger partial charge in [-0.3, -0.25) is 0 Å². The zero-order chi connectivity index (χ0) is 23.6. The number of halogens is 7. The highest BCUT2D eigenvalue weighted by atomic mass is 35.5. The predicted molar refractivity (Wildman–Crippen MR) is 102 cm³/mol. The molecule has 0 bridgehead atoms. The Morgan fingerprint density at radius 1 is 1.19 bits per heavy atom. The van der Waals surface area contributed by atoms with Crippen molar-refractivity contribution in [3.63, 3.8) is 0 Å². The van der Waals surface area contributed by atoms with Crippen LogP contribution < -0.4 is 10.5 Å². The van der Waals surface area contributed by atoms with Crippen molar-refractivity contribution in [1.82, 2.24) is 4.98 Å². The summed E-state index contributed by atoms with van der Waals surface area (Å²) in [5, 5.41) is 9.47. The van der Waals surface area contributed by atoms with Crippen LogP contribution in [0.1, 0.15) is 43.1 Å². The zero-order valence-corrected chi connectivity index (χ0v) is 17.0. The van der Waals surface area contributed by atoms with Crippen molar-refractivity contribution in [3.8, 4) is 17.6 Å². The van der Waals surface area contributed by atoms with E-state index in [1.807, 2.05) is 0 Å². The fourth-order valence-electron chi connectivity index (χ4n) is 2.42. The second kappa shape index (κ2) is 8.85. The molecule has 0 spiro atoms. The number of hydrogen-bond donors (Lipinski definition) is 2.